The number of nitrogens with zero attached hydrogens (tertiary/aromatic N) is 3. The van der Waals surface area contributed by atoms with E-state index < -0.39 is 5.97 Å². The van der Waals surface area contributed by atoms with Gasteiger partial charge in [0.1, 0.15) is 11.4 Å². The van der Waals surface area contributed by atoms with Crippen LogP contribution in [0.4, 0.5) is 0 Å². The molecule has 0 aromatic heterocycles. The fraction of sp³-hybridized carbons (Fsp3) is 0.188. The van der Waals surface area contributed by atoms with Crippen LogP contribution in [0.1, 0.15) is 42.4 Å². The van der Waals surface area contributed by atoms with E-state index in [2.05, 4.69) is 0 Å². The van der Waals surface area contributed by atoms with Crippen LogP contribution in [0.25, 0.3) is 11.8 Å². The normalized spacial score (nSPS) is 15.4. The predicted molar refractivity (Wildman–Crippen MR) is 157 cm³/mol. The second-order valence-electron chi connectivity index (χ2n) is 9.48. The molecule has 3 aromatic carbocycles. The highest BCUT2D eigenvalue weighted by molar-refractivity contribution is 6.48. The van der Waals surface area contributed by atoms with E-state index >= 15 is 0 Å². The molecule has 0 atom stereocenters. The number of carboxylic acid groups (broad SMARTS) is 1. The molecule has 0 saturated heterocycles. The van der Waals surface area contributed by atoms with Crippen molar-refractivity contribution in [2.75, 3.05) is 6.61 Å². The molecule has 0 radical (unpaired) electrons. The van der Waals surface area contributed by atoms with E-state index in [1.807, 2.05) is 66.7 Å². The molecule has 0 fully saturated rings. The Morgan fingerprint density at radius 3 is 2.42 bits per heavy atom. The summed E-state index contributed by atoms with van der Waals surface area (Å²) in [6.45, 7) is 0.445. The van der Waals surface area contributed by atoms with Crippen LogP contribution in [0.5, 0.6) is 5.75 Å². The first-order chi connectivity index (χ1) is 19.5. The summed E-state index contributed by atoms with van der Waals surface area (Å²) in [5.74, 6) is 0.0367. The number of amidine groups is 1. The number of unbranched alkanes of at least 4 members (excludes halogenated alkanes) is 2. The Hall–Kier alpha value is -4.49. The highest BCUT2D eigenvalue weighted by atomic mass is 35.5. The number of halogens is 1. The Morgan fingerprint density at radius 2 is 1.70 bits per heavy atom. The SMILES string of the molecule is O=C(O)CCCCCOc1ccc(/C=C2\N=C3C(Cc4ccccc4)=NC(c4ccccc4)=CN3C2=O)cc1Cl. The zero-order valence-electron chi connectivity index (χ0n) is 21.8. The number of carboxylic acids is 1. The molecule has 0 aliphatic carbocycles. The van der Waals surface area contributed by atoms with E-state index in [-0.39, 0.29) is 12.3 Å². The summed E-state index contributed by atoms with van der Waals surface area (Å²) in [7, 11) is 0. The molecule has 2 aliphatic heterocycles. The minimum Gasteiger partial charge on any atom is -0.492 e. The summed E-state index contributed by atoms with van der Waals surface area (Å²) in [6, 6.07) is 25.1. The molecule has 0 spiro atoms. The number of aliphatic carboxylic acids is 1. The van der Waals surface area contributed by atoms with E-state index in [4.69, 9.17) is 31.4 Å². The van der Waals surface area contributed by atoms with Crippen molar-refractivity contribution in [2.24, 2.45) is 9.98 Å². The monoisotopic (exact) mass is 553 g/mol. The lowest BCUT2D eigenvalue weighted by molar-refractivity contribution is -0.137. The van der Waals surface area contributed by atoms with Crippen LogP contribution >= 0.6 is 11.6 Å². The zero-order chi connectivity index (χ0) is 27.9. The highest BCUT2D eigenvalue weighted by Crippen LogP contribution is 2.31. The molecule has 5 rings (SSSR count). The second-order valence-corrected chi connectivity index (χ2v) is 9.89. The summed E-state index contributed by atoms with van der Waals surface area (Å²) in [5, 5.41) is 9.15. The second kappa shape index (κ2) is 12.6. The largest absolute Gasteiger partial charge is 0.492 e. The lowest BCUT2D eigenvalue weighted by Gasteiger charge is -2.21. The number of aliphatic imine (C=N–C) groups is 2. The number of hydrogen-bond donors (Lipinski definition) is 1. The Balaban J connectivity index is 1.35. The van der Waals surface area contributed by atoms with Crippen molar-refractivity contribution in [2.45, 2.75) is 32.1 Å². The van der Waals surface area contributed by atoms with Gasteiger partial charge in [0, 0.05) is 24.6 Å². The van der Waals surface area contributed by atoms with E-state index in [0.717, 1.165) is 35.2 Å². The molecule has 1 N–H and O–H groups in total. The molecular formula is C32H28ClN3O4. The number of hydrogen-bond acceptors (Lipinski definition) is 5. The van der Waals surface area contributed by atoms with E-state index in [1.54, 1.807) is 29.3 Å². The van der Waals surface area contributed by atoms with Gasteiger partial charge in [-0.2, -0.15) is 0 Å². The molecule has 0 bridgehead atoms. The lowest BCUT2D eigenvalue weighted by Crippen LogP contribution is -2.36. The average molecular weight is 554 g/mol. The Morgan fingerprint density at radius 1 is 0.950 bits per heavy atom. The van der Waals surface area contributed by atoms with Crippen molar-refractivity contribution in [3.8, 4) is 5.75 Å². The molecule has 7 nitrogen and oxygen atoms in total. The van der Waals surface area contributed by atoms with Gasteiger partial charge in [0.05, 0.1) is 23.0 Å². The maximum atomic E-state index is 13.5. The summed E-state index contributed by atoms with van der Waals surface area (Å²) < 4.78 is 5.77. The number of benzene rings is 3. The number of fused-ring (bicyclic) bond motifs is 1. The topological polar surface area (TPSA) is 91.6 Å². The van der Waals surface area contributed by atoms with Crippen LogP contribution < -0.4 is 4.74 Å². The minimum absolute atomic E-state index is 0.160. The molecule has 2 heterocycles. The van der Waals surface area contributed by atoms with Crippen molar-refractivity contribution < 1.29 is 19.4 Å². The molecule has 1 amide bonds. The van der Waals surface area contributed by atoms with Gasteiger partial charge in [-0.15, -0.1) is 0 Å². The molecule has 202 valence electrons. The van der Waals surface area contributed by atoms with E-state index in [1.165, 1.54) is 0 Å². The smallest absolute Gasteiger partial charge is 0.303 e. The Bertz CT molecular complexity index is 1530. The van der Waals surface area contributed by atoms with Crippen LogP contribution in [0.15, 0.2) is 101 Å². The van der Waals surface area contributed by atoms with Crippen LogP contribution in [0.3, 0.4) is 0 Å². The van der Waals surface area contributed by atoms with Gasteiger partial charge in [-0.05, 0) is 48.6 Å². The summed E-state index contributed by atoms with van der Waals surface area (Å²) in [6.07, 6.45) is 6.28. The fourth-order valence-electron chi connectivity index (χ4n) is 4.47. The average Bonchev–Trinajstić information content (AvgIpc) is 3.27. The van der Waals surface area contributed by atoms with Gasteiger partial charge in [-0.3, -0.25) is 14.5 Å². The third-order valence-corrected chi connectivity index (χ3v) is 6.79. The maximum absolute atomic E-state index is 13.5. The summed E-state index contributed by atoms with van der Waals surface area (Å²) >= 11 is 6.46. The van der Waals surface area contributed by atoms with Crippen molar-refractivity contribution in [1.29, 1.82) is 0 Å². The lowest BCUT2D eigenvalue weighted by atomic mass is 10.1. The third-order valence-electron chi connectivity index (χ3n) is 6.49. The maximum Gasteiger partial charge on any atom is 0.303 e. The van der Waals surface area contributed by atoms with Crippen LogP contribution in [0, 0.1) is 0 Å². The van der Waals surface area contributed by atoms with Gasteiger partial charge >= 0.3 is 5.97 Å². The first-order valence-corrected chi connectivity index (χ1v) is 13.5. The predicted octanol–water partition coefficient (Wildman–Crippen LogP) is 6.64. The molecule has 0 unspecified atom stereocenters. The van der Waals surface area contributed by atoms with Crippen molar-refractivity contribution >= 4 is 46.8 Å². The summed E-state index contributed by atoms with van der Waals surface area (Å²) in [4.78, 5) is 35.3. The number of carbonyl (C=O) groups excluding carboxylic acids is 1. The fourth-order valence-corrected chi connectivity index (χ4v) is 4.72. The highest BCUT2D eigenvalue weighted by Gasteiger charge is 2.35. The first kappa shape index (κ1) is 27.1. The van der Waals surface area contributed by atoms with Crippen molar-refractivity contribution in [3.63, 3.8) is 0 Å². The van der Waals surface area contributed by atoms with Gasteiger partial charge < -0.3 is 9.84 Å². The molecule has 0 saturated carbocycles. The van der Waals surface area contributed by atoms with Crippen LogP contribution in [0.2, 0.25) is 5.02 Å². The number of amides is 1. The quantitative estimate of drug-likeness (QED) is 0.213. The van der Waals surface area contributed by atoms with Crippen LogP contribution in [-0.4, -0.2) is 40.0 Å². The van der Waals surface area contributed by atoms with Gasteiger partial charge in [0.25, 0.3) is 5.91 Å². The van der Waals surface area contributed by atoms with Crippen LogP contribution in [-0.2, 0) is 16.0 Å². The number of carbonyl (C=O) groups is 2. The van der Waals surface area contributed by atoms with Gasteiger partial charge in [0.15, 0.2) is 5.84 Å². The van der Waals surface area contributed by atoms with E-state index in [0.29, 0.717) is 47.5 Å². The third kappa shape index (κ3) is 6.55. The summed E-state index contributed by atoms with van der Waals surface area (Å²) in [5.41, 5.74) is 4.43. The van der Waals surface area contributed by atoms with Gasteiger partial charge in [-0.1, -0.05) is 78.3 Å². The number of ether oxygens (including phenoxy) is 1. The standard InChI is InChI=1S/C32H28ClN3O4/c33-25-18-23(15-16-29(25)40-17-9-3-8-14-30(37)38)20-27-32(39)36-21-28(24-12-6-2-7-13-24)34-26(31(36)35-27)19-22-10-4-1-5-11-22/h1-2,4-7,10-13,15-16,18,20-21H,3,8-9,14,17,19H2,(H,37,38)/b27-20-. The van der Waals surface area contributed by atoms with Crippen molar-refractivity contribution in [3.05, 3.63) is 112 Å². The number of rotatable bonds is 11. The van der Waals surface area contributed by atoms with Crippen molar-refractivity contribution in [1.82, 2.24) is 4.90 Å². The molecule has 40 heavy (non-hydrogen) atoms. The first-order valence-electron chi connectivity index (χ1n) is 13.1. The Labute approximate surface area is 237 Å². The van der Waals surface area contributed by atoms with Gasteiger partial charge in [0.2, 0.25) is 0 Å². The van der Waals surface area contributed by atoms with Gasteiger partial charge in [-0.25, -0.2) is 9.98 Å². The Kier molecular flexibility index (Phi) is 8.52. The van der Waals surface area contributed by atoms with E-state index in [9.17, 15) is 9.59 Å². The molecule has 2 aliphatic rings. The zero-order valence-corrected chi connectivity index (χ0v) is 22.6. The molecule has 3 aromatic rings. The molecule has 8 heteroatoms. The molecular weight excluding hydrogens is 526 g/mol. The minimum atomic E-state index is -0.789.